The van der Waals surface area contributed by atoms with Crippen LogP contribution in [0, 0.1) is 6.07 Å². The first kappa shape index (κ1) is 8.31. The zero-order valence-corrected chi connectivity index (χ0v) is 7.74. The van der Waals surface area contributed by atoms with Gasteiger partial charge in [0.15, 0.2) is 0 Å². The summed E-state index contributed by atoms with van der Waals surface area (Å²) in [6.45, 7) is 0. The van der Waals surface area contributed by atoms with Gasteiger partial charge in [-0.15, -0.1) is 0 Å². The third-order valence-corrected chi connectivity index (χ3v) is 2.47. The molecule has 0 bridgehead atoms. The molecule has 0 N–H and O–H groups in total. The van der Waals surface area contributed by atoms with E-state index in [1.807, 2.05) is 30.3 Å². The highest BCUT2D eigenvalue weighted by Crippen LogP contribution is 2.20. The van der Waals surface area contributed by atoms with E-state index in [2.05, 4.69) is 10.9 Å². The maximum Gasteiger partial charge on any atom is 0.311 e. The van der Waals surface area contributed by atoms with Crippen LogP contribution in [0.4, 0.5) is 0 Å². The van der Waals surface area contributed by atoms with Gasteiger partial charge in [0, 0.05) is 12.8 Å². The number of hydrogen-bond donors (Lipinski definition) is 0. The standard InChI is InChI=1S/C12H14N/c1-2-6-11(7-3-1)10-13-12-8-4-5-9-12/h1-3,6-7,12H,4-5,8-9H2/q+1. The van der Waals surface area contributed by atoms with Crippen molar-refractivity contribution in [1.29, 1.82) is 0 Å². The maximum absolute atomic E-state index is 4.44. The molecule has 0 amide bonds. The van der Waals surface area contributed by atoms with Crippen LogP contribution in [0.1, 0.15) is 31.2 Å². The molecule has 1 aliphatic rings. The minimum atomic E-state index is 0.542. The van der Waals surface area contributed by atoms with Gasteiger partial charge in [0.25, 0.3) is 6.04 Å². The molecule has 1 aromatic rings. The summed E-state index contributed by atoms with van der Waals surface area (Å²) < 4.78 is 0. The lowest BCUT2D eigenvalue weighted by Gasteiger charge is -1.82. The van der Waals surface area contributed by atoms with Crippen molar-refractivity contribution in [2.24, 2.45) is 0 Å². The Morgan fingerprint density at radius 2 is 1.77 bits per heavy atom. The number of hydrogen-bond acceptors (Lipinski definition) is 0. The van der Waals surface area contributed by atoms with Crippen LogP contribution in [0.25, 0.3) is 4.85 Å². The summed E-state index contributed by atoms with van der Waals surface area (Å²) in [5, 5.41) is 0. The summed E-state index contributed by atoms with van der Waals surface area (Å²) in [6, 6.07) is 13.8. The number of rotatable bonds is 0. The van der Waals surface area contributed by atoms with Gasteiger partial charge in [-0.05, 0) is 25.0 Å². The second-order valence-corrected chi connectivity index (χ2v) is 3.55. The van der Waals surface area contributed by atoms with Crippen LogP contribution in [0.3, 0.4) is 0 Å². The molecule has 0 atom stereocenters. The van der Waals surface area contributed by atoms with Crippen molar-refractivity contribution in [3.63, 3.8) is 0 Å². The topological polar surface area (TPSA) is 4.36 Å². The van der Waals surface area contributed by atoms with Gasteiger partial charge in [-0.3, -0.25) is 0 Å². The summed E-state index contributed by atoms with van der Waals surface area (Å²) in [5.41, 5.74) is 1.09. The van der Waals surface area contributed by atoms with Crippen LogP contribution in [-0.2, 0) is 0 Å². The molecule has 0 unspecified atom stereocenters. The van der Waals surface area contributed by atoms with E-state index in [0.717, 1.165) is 5.56 Å². The molecule has 0 saturated heterocycles. The Hall–Kier alpha value is -1.29. The molecule has 1 fully saturated rings. The van der Waals surface area contributed by atoms with Gasteiger partial charge in [0.2, 0.25) is 0 Å². The number of benzene rings is 1. The van der Waals surface area contributed by atoms with Crippen LogP contribution in [0.5, 0.6) is 0 Å². The van der Waals surface area contributed by atoms with E-state index in [4.69, 9.17) is 0 Å². The summed E-state index contributed by atoms with van der Waals surface area (Å²) in [7, 11) is 0. The largest absolute Gasteiger partial charge is 0.311 e. The van der Waals surface area contributed by atoms with Crippen LogP contribution in [0.2, 0.25) is 0 Å². The second-order valence-electron chi connectivity index (χ2n) is 3.55. The molecular formula is C12H14N+. The lowest BCUT2D eigenvalue weighted by atomic mass is 10.2. The monoisotopic (exact) mass is 172 g/mol. The molecule has 0 spiro atoms. The molecule has 1 nitrogen and oxygen atoms in total. The molecule has 0 aliphatic heterocycles. The predicted molar refractivity (Wildman–Crippen MR) is 55.0 cm³/mol. The Morgan fingerprint density at radius 1 is 1.08 bits per heavy atom. The molecule has 0 aromatic heterocycles. The SMILES string of the molecule is C(#[N+]C1CCCC1)c1ccccc1. The third-order valence-electron chi connectivity index (χ3n) is 2.47. The van der Waals surface area contributed by atoms with Gasteiger partial charge in [-0.1, -0.05) is 23.0 Å². The highest BCUT2D eigenvalue weighted by atomic mass is 14.7. The molecule has 1 heteroatoms. The molecule has 66 valence electrons. The van der Waals surface area contributed by atoms with Gasteiger partial charge in [-0.25, -0.2) is 0 Å². The van der Waals surface area contributed by atoms with Gasteiger partial charge < -0.3 is 0 Å². The van der Waals surface area contributed by atoms with Gasteiger partial charge in [0.05, 0.1) is 0 Å². The fraction of sp³-hybridized carbons (Fsp3) is 0.417. The minimum absolute atomic E-state index is 0.542. The highest BCUT2D eigenvalue weighted by molar-refractivity contribution is 5.31. The van der Waals surface area contributed by atoms with E-state index < -0.39 is 0 Å². The van der Waals surface area contributed by atoms with Crippen molar-refractivity contribution in [2.45, 2.75) is 31.7 Å². The first-order chi connectivity index (χ1) is 6.45. The Balaban J connectivity index is 2.03. The second kappa shape index (κ2) is 4.09. The molecule has 1 saturated carbocycles. The molecule has 1 aromatic carbocycles. The fourth-order valence-corrected chi connectivity index (χ4v) is 1.71. The van der Waals surface area contributed by atoms with Crippen molar-refractivity contribution in [3.05, 3.63) is 40.7 Å². The Bertz CT molecular complexity index is 312. The van der Waals surface area contributed by atoms with Gasteiger partial charge >= 0.3 is 6.07 Å². The lowest BCUT2D eigenvalue weighted by molar-refractivity contribution is 0.809. The van der Waals surface area contributed by atoms with Gasteiger partial charge in [0.1, 0.15) is 5.56 Å². The Morgan fingerprint density at radius 3 is 2.46 bits per heavy atom. The average molecular weight is 172 g/mol. The van der Waals surface area contributed by atoms with Crippen molar-refractivity contribution in [1.82, 2.24) is 0 Å². The van der Waals surface area contributed by atoms with Crippen molar-refractivity contribution < 1.29 is 0 Å². The lowest BCUT2D eigenvalue weighted by Crippen LogP contribution is -1.90. The summed E-state index contributed by atoms with van der Waals surface area (Å²) in [6.07, 6.45) is 5.18. The van der Waals surface area contributed by atoms with Crippen LogP contribution >= 0.6 is 0 Å². The first-order valence-corrected chi connectivity index (χ1v) is 4.96. The molecule has 0 radical (unpaired) electrons. The van der Waals surface area contributed by atoms with E-state index in [1.165, 1.54) is 25.7 Å². The normalized spacial score (nSPS) is 16.6. The fourth-order valence-electron chi connectivity index (χ4n) is 1.71. The smallest absolute Gasteiger partial charge is 0.0747 e. The third kappa shape index (κ3) is 2.32. The zero-order chi connectivity index (χ0) is 8.93. The predicted octanol–water partition coefficient (Wildman–Crippen LogP) is 3.31. The first-order valence-electron chi connectivity index (χ1n) is 4.96. The zero-order valence-electron chi connectivity index (χ0n) is 7.74. The number of nitrogens with zero attached hydrogens (tertiary/aromatic N) is 1. The summed E-state index contributed by atoms with van der Waals surface area (Å²) >= 11 is 0. The molecule has 1 aliphatic carbocycles. The van der Waals surface area contributed by atoms with Crippen molar-refractivity contribution >= 4 is 0 Å². The summed E-state index contributed by atoms with van der Waals surface area (Å²) in [4.78, 5) is 4.44. The van der Waals surface area contributed by atoms with E-state index in [9.17, 15) is 0 Å². The van der Waals surface area contributed by atoms with E-state index in [1.54, 1.807) is 0 Å². The van der Waals surface area contributed by atoms with E-state index in [0.29, 0.717) is 6.04 Å². The Kier molecular flexibility index (Phi) is 2.62. The highest BCUT2D eigenvalue weighted by Gasteiger charge is 2.22. The quantitative estimate of drug-likeness (QED) is 0.565. The Labute approximate surface area is 79.2 Å². The van der Waals surface area contributed by atoms with E-state index >= 15 is 0 Å². The van der Waals surface area contributed by atoms with Crippen LogP contribution < -0.4 is 0 Å². The average Bonchev–Trinajstić information content (AvgIpc) is 2.69. The summed E-state index contributed by atoms with van der Waals surface area (Å²) in [5.74, 6) is 0. The minimum Gasteiger partial charge on any atom is -0.0747 e. The van der Waals surface area contributed by atoms with Crippen LogP contribution in [0.15, 0.2) is 30.3 Å². The van der Waals surface area contributed by atoms with Crippen molar-refractivity contribution in [2.75, 3.05) is 0 Å². The molecular weight excluding hydrogens is 158 g/mol. The molecule has 13 heavy (non-hydrogen) atoms. The maximum atomic E-state index is 4.44. The molecule has 2 rings (SSSR count). The van der Waals surface area contributed by atoms with Crippen LogP contribution in [-0.4, -0.2) is 6.04 Å². The molecule has 0 heterocycles. The van der Waals surface area contributed by atoms with Gasteiger partial charge in [-0.2, -0.15) is 0 Å². The van der Waals surface area contributed by atoms with Crippen molar-refractivity contribution in [3.8, 4) is 6.07 Å². The van der Waals surface area contributed by atoms with E-state index in [-0.39, 0.29) is 0 Å².